The Bertz CT molecular complexity index is 360. The minimum absolute atomic E-state index is 0.0869. The fourth-order valence-electron chi connectivity index (χ4n) is 0.837. The van der Waals surface area contributed by atoms with E-state index in [0.29, 0.717) is 5.69 Å². The van der Waals surface area contributed by atoms with E-state index in [1.54, 1.807) is 18.3 Å². The zero-order chi connectivity index (χ0) is 9.84. The number of nitrogens with zero attached hydrogens (tertiary/aromatic N) is 2. The molecule has 1 amide bonds. The average Bonchev–Trinajstić information content (AvgIpc) is 2.03. The zero-order valence-electron chi connectivity index (χ0n) is 7.06. The fourth-order valence-corrected chi connectivity index (χ4v) is 0.837. The zero-order valence-corrected chi connectivity index (χ0v) is 7.06. The minimum Gasteiger partial charge on any atom is -0.463 e. The summed E-state index contributed by atoms with van der Waals surface area (Å²) in [6.45, 7) is 1.86. The standard InChI is InChI=1S/C8H9N3O2/c1-5-2-3-10-6(4-5)7(9)11-8(12)13/h2-4H,1H3,(H2,9,11)(H,12,13). The van der Waals surface area contributed by atoms with Crippen LogP contribution < -0.4 is 5.73 Å². The van der Waals surface area contributed by atoms with Crippen molar-refractivity contribution < 1.29 is 9.90 Å². The number of hydrogen-bond donors (Lipinski definition) is 2. The van der Waals surface area contributed by atoms with Gasteiger partial charge < -0.3 is 10.8 Å². The Morgan fingerprint density at radius 3 is 2.92 bits per heavy atom. The SMILES string of the molecule is Cc1ccnc(/C(N)=N/C(=O)O)c1. The molecule has 0 spiro atoms. The van der Waals surface area contributed by atoms with Gasteiger partial charge in [-0.25, -0.2) is 4.79 Å². The molecule has 5 nitrogen and oxygen atoms in total. The summed E-state index contributed by atoms with van der Waals surface area (Å²) in [6.07, 6.45) is 0.232. The van der Waals surface area contributed by atoms with E-state index in [9.17, 15) is 4.79 Å². The van der Waals surface area contributed by atoms with Crippen LogP contribution in [0.5, 0.6) is 0 Å². The predicted octanol–water partition coefficient (Wildman–Crippen LogP) is 0.773. The highest BCUT2D eigenvalue weighted by atomic mass is 16.4. The Kier molecular flexibility index (Phi) is 2.59. The van der Waals surface area contributed by atoms with Crippen molar-refractivity contribution in [3.05, 3.63) is 29.6 Å². The topological polar surface area (TPSA) is 88.6 Å². The second-order valence-corrected chi connectivity index (χ2v) is 2.50. The summed E-state index contributed by atoms with van der Waals surface area (Å²) >= 11 is 0. The summed E-state index contributed by atoms with van der Waals surface area (Å²) in [5.41, 5.74) is 6.70. The first kappa shape index (κ1) is 9.18. The Hall–Kier alpha value is -1.91. The van der Waals surface area contributed by atoms with Gasteiger partial charge in [-0.1, -0.05) is 0 Å². The lowest BCUT2D eigenvalue weighted by molar-refractivity contribution is 0.205. The van der Waals surface area contributed by atoms with Gasteiger partial charge in [-0.2, -0.15) is 4.99 Å². The van der Waals surface area contributed by atoms with Crippen molar-refractivity contribution in [2.24, 2.45) is 10.7 Å². The maximum atomic E-state index is 10.2. The molecule has 0 bridgehead atoms. The van der Waals surface area contributed by atoms with Crippen molar-refractivity contribution in [3.63, 3.8) is 0 Å². The van der Waals surface area contributed by atoms with E-state index >= 15 is 0 Å². The van der Waals surface area contributed by atoms with Gasteiger partial charge in [0, 0.05) is 6.20 Å². The number of pyridine rings is 1. The summed E-state index contributed by atoms with van der Waals surface area (Å²) in [7, 11) is 0. The summed E-state index contributed by atoms with van der Waals surface area (Å²) in [6, 6.07) is 3.46. The number of amidine groups is 1. The van der Waals surface area contributed by atoms with E-state index in [4.69, 9.17) is 10.8 Å². The van der Waals surface area contributed by atoms with Gasteiger partial charge in [-0.3, -0.25) is 4.98 Å². The highest BCUT2D eigenvalue weighted by Gasteiger charge is 2.01. The van der Waals surface area contributed by atoms with Gasteiger partial charge in [0.15, 0.2) is 5.84 Å². The van der Waals surface area contributed by atoms with Crippen molar-refractivity contribution in [1.29, 1.82) is 0 Å². The highest BCUT2D eigenvalue weighted by Crippen LogP contribution is 1.99. The van der Waals surface area contributed by atoms with Crippen LogP contribution in [0.15, 0.2) is 23.3 Å². The molecule has 0 aliphatic carbocycles. The van der Waals surface area contributed by atoms with Gasteiger partial charge in [0.2, 0.25) is 0 Å². The predicted molar refractivity (Wildman–Crippen MR) is 47.7 cm³/mol. The van der Waals surface area contributed by atoms with Crippen LogP contribution >= 0.6 is 0 Å². The molecule has 0 atom stereocenters. The number of hydrogen-bond acceptors (Lipinski definition) is 2. The Labute approximate surface area is 74.9 Å². The number of aryl methyl sites for hydroxylation is 1. The van der Waals surface area contributed by atoms with E-state index in [1.165, 1.54) is 0 Å². The van der Waals surface area contributed by atoms with E-state index < -0.39 is 6.09 Å². The van der Waals surface area contributed by atoms with Crippen molar-refractivity contribution in [1.82, 2.24) is 4.98 Å². The molecule has 0 aromatic carbocycles. The van der Waals surface area contributed by atoms with Crippen LogP contribution in [0, 0.1) is 6.92 Å². The molecule has 5 heteroatoms. The lowest BCUT2D eigenvalue weighted by atomic mass is 10.2. The first-order chi connectivity index (χ1) is 6.09. The van der Waals surface area contributed by atoms with Gasteiger partial charge >= 0.3 is 6.09 Å². The number of carboxylic acid groups (broad SMARTS) is 1. The number of rotatable bonds is 1. The van der Waals surface area contributed by atoms with Crippen LogP contribution in [0.25, 0.3) is 0 Å². The molecule has 0 radical (unpaired) electrons. The molecule has 0 aliphatic rings. The molecule has 1 aromatic heterocycles. The van der Waals surface area contributed by atoms with Gasteiger partial charge in [-0.05, 0) is 24.6 Å². The third-order valence-corrected chi connectivity index (χ3v) is 1.39. The van der Waals surface area contributed by atoms with Crippen molar-refractivity contribution in [3.8, 4) is 0 Å². The fraction of sp³-hybridized carbons (Fsp3) is 0.125. The second-order valence-electron chi connectivity index (χ2n) is 2.50. The summed E-state index contributed by atoms with van der Waals surface area (Å²) in [4.78, 5) is 17.2. The van der Waals surface area contributed by atoms with Gasteiger partial charge in [0.1, 0.15) is 5.69 Å². The Morgan fingerprint density at radius 2 is 2.38 bits per heavy atom. The smallest absolute Gasteiger partial charge is 0.433 e. The maximum Gasteiger partial charge on any atom is 0.433 e. The molecule has 0 aliphatic heterocycles. The molecular weight excluding hydrogens is 170 g/mol. The van der Waals surface area contributed by atoms with Gasteiger partial charge in [0.25, 0.3) is 0 Å². The largest absolute Gasteiger partial charge is 0.463 e. The first-order valence-electron chi connectivity index (χ1n) is 3.59. The number of amides is 1. The third kappa shape index (κ3) is 2.55. The van der Waals surface area contributed by atoms with Crippen LogP contribution in [0.2, 0.25) is 0 Å². The molecular formula is C8H9N3O2. The van der Waals surface area contributed by atoms with E-state index in [0.717, 1.165) is 5.56 Å². The molecule has 68 valence electrons. The van der Waals surface area contributed by atoms with Crippen LogP contribution in [0.3, 0.4) is 0 Å². The lowest BCUT2D eigenvalue weighted by Gasteiger charge is -1.98. The van der Waals surface area contributed by atoms with Crippen LogP contribution in [-0.4, -0.2) is 22.0 Å². The summed E-state index contributed by atoms with van der Waals surface area (Å²) in [5.74, 6) is -0.0869. The van der Waals surface area contributed by atoms with Crippen LogP contribution in [0.1, 0.15) is 11.3 Å². The first-order valence-corrected chi connectivity index (χ1v) is 3.59. The molecule has 13 heavy (non-hydrogen) atoms. The quantitative estimate of drug-likeness (QED) is 0.492. The molecule has 0 fully saturated rings. The van der Waals surface area contributed by atoms with Crippen LogP contribution in [0.4, 0.5) is 4.79 Å². The molecule has 1 rings (SSSR count). The number of aliphatic imine (C=N–C) groups is 1. The molecule has 3 N–H and O–H groups in total. The second kappa shape index (κ2) is 3.66. The molecule has 1 heterocycles. The minimum atomic E-state index is -1.32. The number of nitrogens with two attached hydrogens (primary N) is 1. The summed E-state index contributed by atoms with van der Waals surface area (Å²) in [5, 5.41) is 8.32. The number of aromatic nitrogens is 1. The van der Waals surface area contributed by atoms with Gasteiger partial charge in [0.05, 0.1) is 0 Å². The van der Waals surface area contributed by atoms with Crippen molar-refractivity contribution >= 4 is 11.9 Å². The van der Waals surface area contributed by atoms with Crippen LogP contribution in [-0.2, 0) is 0 Å². The Balaban J connectivity index is 3.02. The van der Waals surface area contributed by atoms with Crippen molar-refractivity contribution in [2.75, 3.05) is 0 Å². The summed E-state index contributed by atoms with van der Waals surface area (Å²) < 4.78 is 0. The lowest BCUT2D eigenvalue weighted by Crippen LogP contribution is -2.16. The maximum absolute atomic E-state index is 10.2. The average molecular weight is 179 g/mol. The Morgan fingerprint density at radius 1 is 1.69 bits per heavy atom. The molecule has 0 saturated carbocycles. The van der Waals surface area contributed by atoms with Crippen molar-refractivity contribution in [2.45, 2.75) is 6.92 Å². The van der Waals surface area contributed by atoms with E-state index in [-0.39, 0.29) is 5.84 Å². The molecule has 1 aromatic rings. The highest BCUT2D eigenvalue weighted by molar-refractivity contribution is 6.01. The third-order valence-electron chi connectivity index (χ3n) is 1.39. The monoisotopic (exact) mass is 179 g/mol. The normalized spacial score (nSPS) is 11.3. The molecule has 0 saturated heterocycles. The van der Waals surface area contributed by atoms with Gasteiger partial charge in [-0.15, -0.1) is 0 Å². The van der Waals surface area contributed by atoms with E-state index in [1.807, 2.05) is 6.92 Å². The van der Waals surface area contributed by atoms with E-state index in [2.05, 4.69) is 9.98 Å². The molecule has 0 unspecified atom stereocenters. The number of carbonyl (C=O) groups is 1.